The number of esters is 1. The van der Waals surface area contributed by atoms with Gasteiger partial charge in [0.2, 0.25) is 0 Å². The average Bonchev–Trinajstić information content (AvgIpc) is 2.71. The fourth-order valence-corrected chi connectivity index (χ4v) is 3.80. The second-order valence-corrected chi connectivity index (χ2v) is 7.53. The molecular formula is C22H28O7. The number of carbonyl (C=O) groups is 2. The topological polar surface area (TPSA) is 80.3 Å². The highest BCUT2D eigenvalue weighted by atomic mass is 16.6. The number of benzene rings is 1. The predicted molar refractivity (Wildman–Crippen MR) is 106 cm³/mol. The molecule has 158 valence electrons. The van der Waals surface area contributed by atoms with Gasteiger partial charge in [0.05, 0.1) is 44.2 Å². The number of carbonyl (C=O) groups excluding carboxylic acids is 2. The Morgan fingerprint density at radius 2 is 1.93 bits per heavy atom. The van der Waals surface area contributed by atoms with E-state index >= 15 is 0 Å². The van der Waals surface area contributed by atoms with E-state index in [1.165, 1.54) is 6.26 Å². The van der Waals surface area contributed by atoms with Crippen LogP contribution >= 0.6 is 0 Å². The summed E-state index contributed by atoms with van der Waals surface area (Å²) in [5, 5.41) is 0. The first-order valence-electron chi connectivity index (χ1n) is 9.86. The third-order valence-electron chi connectivity index (χ3n) is 5.21. The molecule has 2 aliphatic rings. The smallest absolute Gasteiger partial charge is 0.332 e. The summed E-state index contributed by atoms with van der Waals surface area (Å²) >= 11 is 0. The van der Waals surface area contributed by atoms with E-state index in [4.69, 9.17) is 23.7 Å². The lowest BCUT2D eigenvalue weighted by Gasteiger charge is -2.37. The Labute approximate surface area is 170 Å². The summed E-state index contributed by atoms with van der Waals surface area (Å²) in [6, 6.07) is 5.38. The normalized spacial score (nSPS) is 23.7. The van der Waals surface area contributed by atoms with Crippen molar-refractivity contribution in [3.8, 4) is 11.5 Å². The molecule has 3 rings (SSSR count). The van der Waals surface area contributed by atoms with Gasteiger partial charge in [-0.2, -0.15) is 0 Å². The molecular weight excluding hydrogens is 376 g/mol. The van der Waals surface area contributed by atoms with Crippen LogP contribution in [-0.4, -0.2) is 50.9 Å². The Morgan fingerprint density at radius 1 is 1.17 bits per heavy atom. The SMILES string of the molecule is COc1ccc(C2=COC3CC(OCC(=O)OC(C)C)CCC3C2=O)cc1OC. The van der Waals surface area contributed by atoms with Gasteiger partial charge >= 0.3 is 5.97 Å². The van der Waals surface area contributed by atoms with Crippen molar-refractivity contribution in [3.05, 3.63) is 30.0 Å². The third-order valence-corrected chi connectivity index (χ3v) is 5.21. The van der Waals surface area contributed by atoms with Gasteiger partial charge in [0.15, 0.2) is 17.3 Å². The van der Waals surface area contributed by atoms with Crippen molar-refractivity contribution in [2.45, 2.75) is 51.4 Å². The van der Waals surface area contributed by atoms with Crippen LogP contribution in [0.5, 0.6) is 11.5 Å². The molecule has 3 unspecified atom stereocenters. The van der Waals surface area contributed by atoms with Crippen molar-refractivity contribution >= 4 is 17.3 Å². The molecule has 0 saturated heterocycles. The molecule has 3 atom stereocenters. The number of Topliss-reactive ketones (excluding diaryl/α,β-unsaturated/α-hetero) is 1. The van der Waals surface area contributed by atoms with Crippen LogP contribution in [0, 0.1) is 5.92 Å². The molecule has 1 saturated carbocycles. The molecule has 1 heterocycles. The Bertz CT molecular complexity index is 783. The van der Waals surface area contributed by atoms with Crippen LogP contribution in [0.15, 0.2) is 24.5 Å². The molecule has 7 heteroatoms. The first kappa shape index (κ1) is 21.2. The summed E-state index contributed by atoms with van der Waals surface area (Å²) in [5.74, 6) is 0.633. The van der Waals surface area contributed by atoms with E-state index in [0.717, 1.165) is 5.56 Å². The standard InChI is InChI=1S/C22H28O7/c1-13(2)29-21(23)12-27-15-6-7-16-19(10-15)28-11-17(22(16)24)14-5-8-18(25-3)20(9-14)26-4/h5,8-9,11,13,15-16,19H,6-7,10,12H2,1-4H3. The Hall–Kier alpha value is -2.54. The van der Waals surface area contributed by atoms with Gasteiger partial charge in [-0.05, 0) is 44.4 Å². The maximum atomic E-state index is 13.1. The van der Waals surface area contributed by atoms with Crippen LogP contribution in [-0.2, 0) is 23.8 Å². The second-order valence-electron chi connectivity index (χ2n) is 7.53. The average molecular weight is 404 g/mol. The van der Waals surface area contributed by atoms with Crippen LogP contribution in [0.2, 0.25) is 0 Å². The molecule has 0 spiro atoms. The Kier molecular flexibility index (Phi) is 6.79. The fraction of sp³-hybridized carbons (Fsp3) is 0.545. The van der Waals surface area contributed by atoms with Gasteiger partial charge in [-0.1, -0.05) is 6.07 Å². The minimum absolute atomic E-state index is 0.0612. The lowest BCUT2D eigenvalue weighted by Crippen LogP contribution is -2.41. The molecule has 0 N–H and O–H groups in total. The number of ketones is 1. The van der Waals surface area contributed by atoms with Crippen LogP contribution in [0.3, 0.4) is 0 Å². The third kappa shape index (κ3) is 4.90. The number of fused-ring (bicyclic) bond motifs is 1. The number of hydrogen-bond acceptors (Lipinski definition) is 7. The van der Waals surface area contributed by atoms with Crippen molar-refractivity contribution in [3.63, 3.8) is 0 Å². The lowest BCUT2D eigenvalue weighted by atomic mass is 9.78. The Balaban J connectivity index is 1.65. The lowest BCUT2D eigenvalue weighted by molar-refractivity contribution is -0.157. The molecule has 7 nitrogen and oxygen atoms in total. The van der Waals surface area contributed by atoms with Crippen molar-refractivity contribution in [2.75, 3.05) is 20.8 Å². The van der Waals surface area contributed by atoms with Crippen LogP contribution in [0.25, 0.3) is 5.57 Å². The van der Waals surface area contributed by atoms with E-state index in [9.17, 15) is 9.59 Å². The number of methoxy groups -OCH3 is 2. The minimum atomic E-state index is -0.376. The van der Waals surface area contributed by atoms with Gasteiger partial charge in [0.25, 0.3) is 0 Å². The first-order valence-corrected chi connectivity index (χ1v) is 9.86. The van der Waals surface area contributed by atoms with Gasteiger partial charge in [0.1, 0.15) is 12.7 Å². The summed E-state index contributed by atoms with van der Waals surface area (Å²) in [4.78, 5) is 24.7. The molecule has 1 aromatic carbocycles. The summed E-state index contributed by atoms with van der Waals surface area (Å²) in [6.07, 6.45) is 2.91. The number of ether oxygens (including phenoxy) is 5. The van der Waals surface area contributed by atoms with Crippen molar-refractivity contribution in [1.29, 1.82) is 0 Å². The molecule has 0 radical (unpaired) electrons. The summed E-state index contributed by atoms with van der Waals surface area (Å²) in [7, 11) is 3.13. The van der Waals surface area contributed by atoms with Crippen molar-refractivity contribution in [1.82, 2.24) is 0 Å². The molecule has 29 heavy (non-hydrogen) atoms. The zero-order valence-corrected chi connectivity index (χ0v) is 17.3. The highest BCUT2D eigenvalue weighted by Crippen LogP contribution is 2.39. The summed E-state index contributed by atoms with van der Waals surface area (Å²) in [5.41, 5.74) is 1.27. The Morgan fingerprint density at radius 3 is 2.62 bits per heavy atom. The molecule has 0 amide bonds. The zero-order chi connectivity index (χ0) is 21.0. The fourth-order valence-electron chi connectivity index (χ4n) is 3.80. The largest absolute Gasteiger partial charge is 0.496 e. The summed E-state index contributed by atoms with van der Waals surface area (Å²) < 4.78 is 27.3. The maximum Gasteiger partial charge on any atom is 0.332 e. The molecule has 0 bridgehead atoms. The first-order chi connectivity index (χ1) is 13.9. The number of hydrogen-bond donors (Lipinski definition) is 0. The monoisotopic (exact) mass is 404 g/mol. The van der Waals surface area contributed by atoms with Crippen LogP contribution in [0.4, 0.5) is 0 Å². The molecule has 1 aliphatic heterocycles. The van der Waals surface area contributed by atoms with Gasteiger partial charge in [-0.15, -0.1) is 0 Å². The highest BCUT2D eigenvalue weighted by molar-refractivity contribution is 6.22. The quantitative estimate of drug-likeness (QED) is 0.646. The predicted octanol–water partition coefficient (Wildman–Crippen LogP) is 3.15. The van der Waals surface area contributed by atoms with Gasteiger partial charge in [-0.25, -0.2) is 4.79 Å². The van der Waals surface area contributed by atoms with Crippen LogP contribution in [0.1, 0.15) is 38.7 Å². The van der Waals surface area contributed by atoms with Crippen LogP contribution < -0.4 is 9.47 Å². The molecule has 1 aliphatic carbocycles. The molecule has 1 aromatic rings. The van der Waals surface area contributed by atoms with Crippen molar-refractivity contribution in [2.24, 2.45) is 5.92 Å². The zero-order valence-electron chi connectivity index (χ0n) is 17.3. The maximum absolute atomic E-state index is 13.1. The van der Waals surface area contributed by atoms with Gasteiger partial charge < -0.3 is 23.7 Å². The number of allylic oxidation sites excluding steroid dienone is 1. The van der Waals surface area contributed by atoms with Gasteiger partial charge in [0, 0.05) is 6.42 Å². The highest BCUT2D eigenvalue weighted by Gasteiger charge is 2.41. The second kappa shape index (κ2) is 9.31. The number of rotatable bonds is 7. The molecule has 1 fully saturated rings. The van der Waals surface area contributed by atoms with E-state index in [-0.39, 0.29) is 42.6 Å². The van der Waals surface area contributed by atoms with E-state index < -0.39 is 0 Å². The molecule has 0 aromatic heterocycles. The summed E-state index contributed by atoms with van der Waals surface area (Å²) in [6.45, 7) is 3.51. The van der Waals surface area contributed by atoms with Crippen molar-refractivity contribution < 1.29 is 33.3 Å². The van der Waals surface area contributed by atoms with E-state index in [1.54, 1.807) is 40.2 Å². The van der Waals surface area contributed by atoms with E-state index in [1.807, 2.05) is 6.07 Å². The van der Waals surface area contributed by atoms with Gasteiger partial charge in [-0.3, -0.25) is 4.79 Å². The van der Waals surface area contributed by atoms with E-state index in [0.29, 0.717) is 36.3 Å². The minimum Gasteiger partial charge on any atom is -0.496 e. The van der Waals surface area contributed by atoms with E-state index in [2.05, 4.69) is 0 Å².